The van der Waals surface area contributed by atoms with Gasteiger partial charge in [-0.1, -0.05) is 45.0 Å². The largest absolute Gasteiger partial charge is 0.366 e. The summed E-state index contributed by atoms with van der Waals surface area (Å²) in [6.45, 7) is 8.26. The zero-order valence-corrected chi connectivity index (χ0v) is 16.5. The molecule has 0 aromatic heterocycles. The second-order valence-electron chi connectivity index (χ2n) is 7.14. The Hall–Kier alpha value is -2.66. The number of hydrogen-bond acceptors (Lipinski definition) is 3. The van der Waals surface area contributed by atoms with Crippen LogP contribution in [0.4, 0.5) is 5.69 Å². The lowest BCUT2D eigenvalue weighted by Crippen LogP contribution is -2.41. The van der Waals surface area contributed by atoms with Crippen LogP contribution in [0.2, 0.25) is 0 Å². The van der Waals surface area contributed by atoms with Crippen LogP contribution < -0.4 is 16.4 Å². The van der Waals surface area contributed by atoms with Crippen molar-refractivity contribution in [2.45, 2.75) is 46.2 Å². The molecule has 2 atom stereocenters. The Bertz CT molecular complexity index is 767. The van der Waals surface area contributed by atoms with E-state index in [-0.39, 0.29) is 18.0 Å². The fraction of sp³-hybridized carbons (Fsp3) is 0.364. The molecule has 2 rings (SSSR count). The molecule has 27 heavy (non-hydrogen) atoms. The predicted molar refractivity (Wildman–Crippen MR) is 110 cm³/mol. The van der Waals surface area contributed by atoms with E-state index in [1.54, 1.807) is 24.3 Å². The second kappa shape index (κ2) is 9.33. The van der Waals surface area contributed by atoms with Crippen molar-refractivity contribution in [3.8, 4) is 0 Å². The molecule has 0 saturated heterocycles. The van der Waals surface area contributed by atoms with Gasteiger partial charge in [0.25, 0.3) is 0 Å². The molecule has 144 valence electrons. The number of aryl methyl sites for hydroxylation is 1. The highest BCUT2D eigenvalue weighted by Crippen LogP contribution is 2.23. The predicted octanol–water partition coefficient (Wildman–Crippen LogP) is 3.66. The number of hydrogen-bond donors (Lipinski definition) is 3. The van der Waals surface area contributed by atoms with E-state index < -0.39 is 5.91 Å². The number of carbonyl (C=O) groups excluding carboxylic acids is 2. The number of nitrogens with one attached hydrogen (secondary N) is 2. The quantitative estimate of drug-likeness (QED) is 0.666. The van der Waals surface area contributed by atoms with Gasteiger partial charge in [0.1, 0.15) is 0 Å². The first kappa shape index (κ1) is 20.6. The van der Waals surface area contributed by atoms with Crippen LogP contribution in [-0.2, 0) is 11.2 Å². The molecule has 0 aliphatic rings. The van der Waals surface area contributed by atoms with E-state index in [4.69, 9.17) is 5.73 Å². The standard InChI is InChI=1S/C22H29N3O2/c1-5-16-6-8-17(9-7-16)20(14(2)3)24-15(4)22(27)25-19-12-10-18(11-13-19)21(23)26/h6-15,20,24H,5H2,1-4H3,(H2,23,26)(H,25,27)/t15-,20-/m1/s1. The van der Waals surface area contributed by atoms with Crippen LogP contribution in [0, 0.1) is 5.92 Å². The first-order chi connectivity index (χ1) is 12.8. The molecule has 0 unspecified atom stereocenters. The lowest BCUT2D eigenvalue weighted by molar-refractivity contribution is -0.118. The van der Waals surface area contributed by atoms with Gasteiger partial charge >= 0.3 is 0 Å². The first-order valence-corrected chi connectivity index (χ1v) is 9.37. The van der Waals surface area contributed by atoms with Crippen molar-refractivity contribution >= 4 is 17.5 Å². The number of carbonyl (C=O) groups is 2. The number of nitrogens with two attached hydrogens (primary N) is 1. The summed E-state index contributed by atoms with van der Waals surface area (Å²) in [5, 5.41) is 6.30. The topological polar surface area (TPSA) is 84.2 Å². The molecular weight excluding hydrogens is 338 g/mol. The summed E-state index contributed by atoms with van der Waals surface area (Å²) in [5.74, 6) is -0.281. The zero-order chi connectivity index (χ0) is 20.0. The summed E-state index contributed by atoms with van der Waals surface area (Å²) < 4.78 is 0. The number of benzene rings is 2. The molecule has 0 aliphatic carbocycles. The van der Waals surface area contributed by atoms with Crippen molar-refractivity contribution in [3.63, 3.8) is 0 Å². The van der Waals surface area contributed by atoms with Gasteiger partial charge in [0, 0.05) is 17.3 Å². The molecule has 4 N–H and O–H groups in total. The lowest BCUT2D eigenvalue weighted by atomic mass is 9.94. The highest BCUT2D eigenvalue weighted by Gasteiger charge is 2.22. The first-order valence-electron chi connectivity index (χ1n) is 9.37. The van der Waals surface area contributed by atoms with Crippen LogP contribution in [-0.4, -0.2) is 17.9 Å². The Morgan fingerprint density at radius 1 is 0.963 bits per heavy atom. The zero-order valence-electron chi connectivity index (χ0n) is 16.5. The van der Waals surface area contributed by atoms with E-state index in [9.17, 15) is 9.59 Å². The highest BCUT2D eigenvalue weighted by atomic mass is 16.2. The third-order valence-corrected chi connectivity index (χ3v) is 4.67. The third-order valence-electron chi connectivity index (χ3n) is 4.67. The van der Waals surface area contributed by atoms with Crippen LogP contribution >= 0.6 is 0 Å². The minimum Gasteiger partial charge on any atom is -0.366 e. The average Bonchev–Trinajstić information content (AvgIpc) is 2.66. The van der Waals surface area contributed by atoms with Gasteiger partial charge in [-0.15, -0.1) is 0 Å². The van der Waals surface area contributed by atoms with Gasteiger partial charge in [-0.05, 0) is 54.7 Å². The van der Waals surface area contributed by atoms with E-state index in [0.29, 0.717) is 17.2 Å². The average molecular weight is 367 g/mol. The summed E-state index contributed by atoms with van der Waals surface area (Å²) >= 11 is 0. The Morgan fingerprint density at radius 3 is 2.04 bits per heavy atom. The Balaban J connectivity index is 2.04. The highest BCUT2D eigenvalue weighted by molar-refractivity contribution is 5.96. The Morgan fingerprint density at radius 2 is 1.56 bits per heavy atom. The SMILES string of the molecule is CCc1ccc([C@H](N[C@H](C)C(=O)Nc2ccc(C(N)=O)cc2)C(C)C)cc1. The molecule has 2 aromatic carbocycles. The van der Waals surface area contributed by atoms with Gasteiger partial charge in [-0.25, -0.2) is 0 Å². The van der Waals surface area contributed by atoms with Crippen molar-refractivity contribution in [1.29, 1.82) is 0 Å². The van der Waals surface area contributed by atoms with E-state index in [1.807, 2.05) is 6.92 Å². The monoisotopic (exact) mass is 367 g/mol. The maximum absolute atomic E-state index is 12.6. The fourth-order valence-electron chi connectivity index (χ4n) is 2.95. The molecule has 0 saturated carbocycles. The van der Waals surface area contributed by atoms with Gasteiger partial charge in [-0.3, -0.25) is 14.9 Å². The van der Waals surface area contributed by atoms with Crippen molar-refractivity contribution in [1.82, 2.24) is 5.32 Å². The van der Waals surface area contributed by atoms with Gasteiger partial charge in [-0.2, -0.15) is 0 Å². The summed E-state index contributed by atoms with van der Waals surface area (Å²) in [4.78, 5) is 23.7. The minimum absolute atomic E-state index is 0.0777. The van der Waals surface area contributed by atoms with Gasteiger partial charge in [0.05, 0.1) is 6.04 Å². The lowest BCUT2D eigenvalue weighted by Gasteiger charge is -2.26. The number of rotatable bonds is 8. The molecule has 5 heteroatoms. The van der Waals surface area contributed by atoms with Crippen molar-refractivity contribution in [2.75, 3.05) is 5.32 Å². The van der Waals surface area contributed by atoms with E-state index in [2.05, 4.69) is 55.7 Å². The van der Waals surface area contributed by atoms with Crippen molar-refractivity contribution in [3.05, 3.63) is 65.2 Å². The smallest absolute Gasteiger partial charge is 0.248 e. The van der Waals surface area contributed by atoms with Crippen LogP contribution in [0.1, 0.15) is 55.2 Å². The maximum Gasteiger partial charge on any atom is 0.248 e. The third kappa shape index (κ3) is 5.66. The van der Waals surface area contributed by atoms with E-state index in [1.165, 1.54) is 11.1 Å². The van der Waals surface area contributed by atoms with Gasteiger partial charge < -0.3 is 11.1 Å². The molecule has 0 radical (unpaired) electrons. The molecule has 0 bridgehead atoms. The fourth-order valence-corrected chi connectivity index (χ4v) is 2.95. The molecular formula is C22H29N3O2. The van der Waals surface area contributed by atoms with E-state index >= 15 is 0 Å². The normalized spacial score (nSPS) is 13.2. The van der Waals surface area contributed by atoms with Crippen LogP contribution in [0.5, 0.6) is 0 Å². The maximum atomic E-state index is 12.6. The molecule has 0 spiro atoms. The van der Waals surface area contributed by atoms with E-state index in [0.717, 1.165) is 6.42 Å². The molecule has 2 aromatic rings. The van der Waals surface area contributed by atoms with Crippen LogP contribution in [0.15, 0.2) is 48.5 Å². The number of amides is 2. The molecule has 2 amide bonds. The van der Waals surface area contributed by atoms with Crippen molar-refractivity contribution in [2.24, 2.45) is 11.7 Å². The van der Waals surface area contributed by atoms with Crippen LogP contribution in [0.25, 0.3) is 0 Å². The molecule has 0 heterocycles. The number of primary amides is 1. The summed E-state index contributed by atoms with van der Waals surface area (Å²) in [5.41, 5.74) is 8.75. The Kier molecular flexibility index (Phi) is 7.13. The second-order valence-corrected chi connectivity index (χ2v) is 7.14. The summed E-state index contributed by atoms with van der Waals surface area (Å²) in [6.07, 6.45) is 1.01. The van der Waals surface area contributed by atoms with Crippen molar-refractivity contribution < 1.29 is 9.59 Å². The Labute approximate surface area is 161 Å². The molecule has 0 aliphatic heterocycles. The molecule has 5 nitrogen and oxygen atoms in total. The molecule has 0 fully saturated rings. The van der Waals surface area contributed by atoms with Gasteiger partial charge in [0.2, 0.25) is 11.8 Å². The number of anilines is 1. The minimum atomic E-state index is -0.489. The van der Waals surface area contributed by atoms with Crippen LogP contribution in [0.3, 0.4) is 0 Å². The summed E-state index contributed by atoms with van der Waals surface area (Å²) in [6, 6.07) is 14.8. The summed E-state index contributed by atoms with van der Waals surface area (Å²) in [7, 11) is 0. The van der Waals surface area contributed by atoms with Gasteiger partial charge in [0.15, 0.2) is 0 Å².